The Morgan fingerprint density at radius 2 is 1.62 bits per heavy atom. The summed E-state index contributed by atoms with van der Waals surface area (Å²) in [7, 11) is 0. The minimum atomic E-state index is 0.180. The van der Waals surface area contributed by atoms with E-state index in [-0.39, 0.29) is 6.04 Å². The maximum Gasteiger partial charge on any atom is 0.148 e. The Labute approximate surface area is 202 Å². The lowest BCUT2D eigenvalue weighted by molar-refractivity contribution is 0.122. The minimum Gasteiger partial charge on any atom is -0.378 e. The first-order chi connectivity index (χ1) is 15.7. The van der Waals surface area contributed by atoms with Gasteiger partial charge in [0.05, 0.1) is 24.8 Å². The van der Waals surface area contributed by atoms with Crippen molar-refractivity contribution in [1.29, 1.82) is 0 Å². The van der Waals surface area contributed by atoms with Gasteiger partial charge in [-0.1, -0.05) is 28.1 Å². The number of aromatic nitrogens is 2. The van der Waals surface area contributed by atoms with Crippen LogP contribution in [-0.4, -0.2) is 71.7 Å². The number of benzene rings is 2. The van der Waals surface area contributed by atoms with Crippen molar-refractivity contribution in [2.24, 2.45) is 0 Å². The van der Waals surface area contributed by atoms with E-state index >= 15 is 0 Å². The lowest BCUT2D eigenvalue weighted by Gasteiger charge is -2.37. The van der Waals surface area contributed by atoms with E-state index < -0.39 is 0 Å². The van der Waals surface area contributed by atoms with E-state index in [9.17, 15) is 0 Å². The number of morpholine rings is 1. The zero-order valence-electron chi connectivity index (χ0n) is 18.3. The number of ether oxygens (including phenoxy) is 1. The molecule has 1 aromatic heterocycles. The molecule has 0 amide bonds. The van der Waals surface area contributed by atoms with Gasteiger partial charge in [-0.05, 0) is 55.3 Å². The first-order valence-corrected chi connectivity index (χ1v) is 12.8. The number of piperazine rings is 1. The normalized spacial score (nSPS) is 19.4. The van der Waals surface area contributed by atoms with Gasteiger partial charge in [0.15, 0.2) is 0 Å². The third kappa shape index (κ3) is 4.94. The summed E-state index contributed by atoms with van der Waals surface area (Å²) >= 11 is 5.35. The Bertz CT molecular complexity index is 1050. The summed E-state index contributed by atoms with van der Waals surface area (Å²) in [5.41, 5.74) is 1.02. The SMILES string of the molecule is CC(c1nc(N2CCOCC2)c2ccccc2n1)N1CCN(Sc2ccc(Br)cc2)CC1. The summed E-state index contributed by atoms with van der Waals surface area (Å²) in [6, 6.07) is 17.1. The fourth-order valence-corrected chi connectivity index (χ4v) is 5.44. The van der Waals surface area contributed by atoms with Crippen molar-refractivity contribution in [3.8, 4) is 0 Å². The minimum absolute atomic E-state index is 0.180. The molecule has 8 heteroatoms. The van der Waals surface area contributed by atoms with Crippen LogP contribution in [-0.2, 0) is 4.74 Å². The second-order valence-corrected chi connectivity index (χ2v) is 10.3. The molecule has 0 aliphatic carbocycles. The van der Waals surface area contributed by atoms with Gasteiger partial charge in [-0.15, -0.1) is 0 Å². The third-order valence-electron chi connectivity index (χ3n) is 6.15. The van der Waals surface area contributed by atoms with Gasteiger partial charge in [0.2, 0.25) is 0 Å². The number of halogens is 1. The average Bonchev–Trinajstić information content (AvgIpc) is 2.85. The van der Waals surface area contributed by atoms with Crippen LogP contribution in [0.25, 0.3) is 10.9 Å². The van der Waals surface area contributed by atoms with Crippen LogP contribution < -0.4 is 4.90 Å². The molecule has 0 N–H and O–H groups in total. The van der Waals surface area contributed by atoms with Crippen LogP contribution >= 0.6 is 27.9 Å². The van der Waals surface area contributed by atoms with Crippen molar-refractivity contribution >= 4 is 44.6 Å². The van der Waals surface area contributed by atoms with Gasteiger partial charge in [-0.25, -0.2) is 14.3 Å². The van der Waals surface area contributed by atoms with Crippen molar-refractivity contribution in [2.45, 2.75) is 17.9 Å². The summed E-state index contributed by atoms with van der Waals surface area (Å²) in [6.45, 7) is 9.56. The fraction of sp³-hybridized carbons (Fsp3) is 0.417. The van der Waals surface area contributed by atoms with Crippen LogP contribution in [0.3, 0.4) is 0 Å². The number of fused-ring (bicyclic) bond motifs is 1. The first-order valence-electron chi connectivity index (χ1n) is 11.2. The second-order valence-electron chi connectivity index (χ2n) is 8.21. The van der Waals surface area contributed by atoms with Gasteiger partial charge in [0, 0.05) is 54.0 Å². The lowest BCUT2D eigenvalue weighted by atomic mass is 10.1. The standard InChI is InChI=1S/C24H28BrN5OS/c1-18(28-10-12-30(13-11-28)32-20-8-6-19(25)7-9-20)23-26-22-5-3-2-4-21(22)24(27-23)29-14-16-31-17-15-29/h2-9,18H,10-17H2,1H3. The maximum atomic E-state index is 5.56. The largest absolute Gasteiger partial charge is 0.378 e. The van der Waals surface area contributed by atoms with Gasteiger partial charge >= 0.3 is 0 Å². The molecule has 0 spiro atoms. The van der Waals surface area contributed by atoms with Crippen LogP contribution in [0.1, 0.15) is 18.8 Å². The van der Waals surface area contributed by atoms with Gasteiger partial charge in [0.25, 0.3) is 0 Å². The molecule has 2 saturated heterocycles. The Hall–Kier alpha value is -1.71. The third-order valence-corrected chi connectivity index (χ3v) is 7.79. The topological polar surface area (TPSA) is 44.7 Å². The van der Waals surface area contributed by atoms with Gasteiger partial charge < -0.3 is 9.64 Å². The Morgan fingerprint density at radius 1 is 0.906 bits per heavy atom. The van der Waals surface area contributed by atoms with Crippen LogP contribution in [0.2, 0.25) is 0 Å². The number of hydrogen-bond acceptors (Lipinski definition) is 7. The van der Waals surface area contributed by atoms with E-state index in [4.69, 9.17) is 14.7 Å². The quantitative estimate of drug-likeness (QED) is 0.461. The maximum absolute atomic E-state index is 5.56. The molecule has 2 aromatic carbocycles. The van der Waals surface area contributed by atoms with Gasteiger partial charge in [-0.3, -0.25) is 4.90 Å². The zero-order chi connectivity index (χ0) is 21.9. The summed E-state index contributed by atoms with van der Waals surface area (Å²) in [6.07, 6.45) is 0. The molecule has 0 bridgehead atoms. The molecule has 3 aromatic rings. The number of rotatable bonds is 5. The lowest BCUT2D eigenvalue weighted by Crippen LogP contribution is -2.44. The molecule has 32 heavy (non-hydrogen) atoms. The summed E-state index contributed by atoms with van der Waals surface area (Å²) in [5, 5.41) is 1.13. The molecular formula is C24H28BrN5OS. The van der Waals surface area contributed by atoms with Crippen LogP contribution in [0.4, 0.5) is 5.82 Å². The van der Waals surface area contributed by atoms with Gasteiger partial charge in [-0.2, -0.15) is 0 Å². The van der Waals surface area contributed by atoms with E-state index in [0.717, 1.165) is 79.5 Å². The highest BCUT2D eigenvalue weighted by Crippen LogP contribution is 2.30. The monoisotopic (exact) mass is 513 g/mol. The molecule has 2 aliphatic heterocycles. The molecule has 2 fully saturated rings. The van der Waals surface area contributed by atoms with E-state index in [0.29, 0.717) is 0 Å². The molecule has 1 atom stereocenters. The van der Waals surface area contributed by atoms with Crippen LogP contribution in [0.15, 0.2) is 57.9 Å². The average molecular weight is 514 g/mol. The van der Waals surface area contributed by atoms with E-state index in [1.807, 2.05) is 11.9 Å². The number of anilines is 1. The molecule has 6 nitrogen and oxygen atoms in total. The predicted molar refractivity (Wildman–Crippen MR) is 134 cm³/mol. The fourth-order valence-electron chi connectivity index (χ4n) is 4.27. The second kappa shape index (κ2) is 10.1. The van der Waals surface area contributed by atoms with Gasteiger partial charge in [0.1, 0.15) is 11.6 Å². The van der Waals surface area contributed by atoms with E-state index in [2.05, 4.69) is 85.5 Å². The van der Waals surface area contributed by atoms with Crippen molar-refractivity contribution in [2.75, 3.05) is 57.4 Å². The van der Waals surface area contributed by atoms with Crippen molar-refractivity contribution in [1.82, 2.24) is 19.2 Å². The molecule has 1 unspecified atom stereocenters. The van der Waals surface area contributed by atoms with E-state index in [1.54, 1.807) is 0 Å². The highest BCUT2D eigenvalue weighted by Gasteiger charge is 2.26. The predicted octanol–water partition coefficient (Wildman–Crippen LogP) is 4.61. The zero-order valence-corrected chi connectivity index (χ0v) is 20.7. The summed E-state index contributed by atoms with van der Waals surface area (Å²) < 4.78 is 9.13. The Morgan fingerprint density at radius 3 is 2.38 bits per heavy atom. The molecule has 5 rings (SSSR count). The summed E-state index contributed by atoms with van der Waals surface area (Å²) in [4.78, 5) is 16.2. The Kier molecular flexibility index (Phi) is 6.94. The number of nitrogens with zero attached hydrogens (tertiary/aromatic N) is 5. The smallest absolute Gasteiger partial charge is 0.148 e. The molecule has 0 radical (unpaired) electrons. The molecule has 168 valence electrons. The first kappa shape index (κ1) is 22.1. The highest BCUT2D eigenvalue weighted by atomic mass is 79.9. The molecule has 0 saturated carbocycles. The Balaban J connectivity index is 1.30. The summed E-state index contributed by atoms with van der Waals surface area (Å²) in [5.74, 6) is 1.96. The van der Waals surface area contributed by atoms with Crippen molar-refractivity contribution < 1.29 is 4.74 Å². The molecule has 2 aliphatic rings. The molecule has 3 heterocycles. The van der Waals surface area contributed by atoms with E-state index in [1.165, 1.54) is 4.90 Å². The van der Waals surface area contributed by atoms with Crippen LogP contribution in [0, 0.1) is 0 Å². The van der Waals surface area contributed by atoms with Crippen LogP contribution in [0.5, 0.6) is 0 Å². The molecular weight excluding hydrogens is 486 g/mol. The van der Waals surface area contributed by atoms with Crippen molar-refractivity contribution in [3.05, 3.63) is 58.8 Å². The highest BCUT2D eigenvalue weighted by molar-refractivity contribution is 9.10. The number of para-hydroxylation sites is 1. The van der Waals surface area contributed by atoms with Crippen molar-refractivity contribution in [3.63, 3.8) is 0 Å². The number of hydrogen-bond donors (Lipinski definition) is 0.